The van der Waals surface area contributed by atoms with E-state index in [0.717, 1.165) is 35.5 Å². The lowest BCUT2D eigenvalue weighted by atomic mass is 10.1. The molecule has 0 spiro atoms. The standard InChI is InChI=1S/C12H16INO2/c1-15-12-3-2-9(7-11(12)13)6-10-8-16-5-4-14-10/h2-3,7,10,14H,4-6,8H2,1H3/t10-/m1/s1. The second kappa shape index (κ2) is 5.84. The molecule has 1 N–H and O–H groups in total. The average molecular weight is 333 g/mol. The van der Waals surface area contributed by atoms with Crippen molar-refractivity contribution in [3.63, 3.8) is 0 Å². The fourth-order valence-corrected chi connectivity index (χ4v) is 2.67. The van der Waals surface area contributed by atoms with Crippen LogP contribution in [0.1, 0.15) is 5.56 Å². The van der Waals surface area contributed by atoms with E-state index in [0.29, 0.717) is 6.04 Å². The van der Waals surface area contributed by atoms with Crippen LogP contribution in [0.5, 0.6) is 5.75 Å². The van der Waals surface area contributed by atoms with Gasteiger partial charge in [-0.2, -0.15) is 0 Å². The summed E-state index contributed by atoms with van der Waals surface area (Å²) in [5.74, 6) is 0.942. The van der Waals surface area contributed by atoms with Crippen molar-refractivity contribution >= 4 is 22.6 Å². The van der Waals surface area contributed by atoms with Crippen molar-refractivity contribution in [3.8, 4) is 5.75 Å². The molecule has 0 amide bonds. The molecular formula is C12H16INO2. The Morgan fingerprint density at radius 3 is 3.06 bits per heavy atom. The molecule has 16 heavy (non-hydrogen) atoms. The molecular weight excluding hydrogens is 317 g/mol. The van der Waals surface area contributed by atoms with Crippen LogP contribution in [0.2, 0.25) is 0 Å². The van der Waals surface area contributed by atoms with Crippen LogP contribution in [0.3, 0.4) is 0 Å². The molecule has 0 radical (unpaired) electrons. The number of halogens is 1. The lowest BCUT2D eigenvalue weighted by molar-refractivity contribution is 0.0770. The van der Waals surface area contributed by atoms with E-state index in [1.54, 1.807) is 7.11 Å². The van der Waals surface area contributed by atoms with Gasteiger partial charge < -0.3 is 14.8 Å². The van der Waals surface area contributed by atoms with E-state index < -0.39 is 0 Å². The Hall–Kier alpha value is -0.330. The molecule has 1 aliphatic rings. The van der Waals surface area contributed by atoms with Crippen LogP contribution >= 0.6 is 22.6 Å². The highest BCUT2D eigenvalue weighted by molar-refractivity contribution is 14.1. The Labute approximate surface area is 110 Å². The van der Waals surface area contributed by atoms with Crippen LogP contribution < -0.4 is 10.1 Å². The number of hydrogen-bond donors (Lipinski definition) is 1. The highest BCUT2D eigenvalue weighted by Crippen LogP contribution is 2.22. The summed E-state index contributed by atoms with van der Waals surface area (Å²) in [6, 6.07) is 6.77. The molecule has 0 aliphatic carbocycles. The van der Waals surface area contributed by atoms with Gasteiger partial charge in [0.1, 0.15) is 5.75 Å². The second-order valence-corrected chi connectivity index (χ2v) is 5.06. The third kappa shape index (κ3) is 3.09. The molecule has 3 nitrogen and oxygen atoms in total. The summed E-state index contributed by atoms with van der Waals surface area (Å²) >= 11 is 2.30. The molecule has 4 heteroatoms. The summed E-state index contributed by atoms with van der Waals surface area (Å²) in [6.45, 7) is 2.59. The summed E-state index contributed by atoms with van der Waals surface area (Å²) < 4.78 is 11.8. The molecule has 88 valence electrons. The summed E-state index contributed by atoms with van der Waals surface area (Å²) in [5, 5.41) is 3.46. The fourth-order valence-electron chi connectivity index (χ4n) is 1.87. The number of benzene rings is 1. The zero-order valence-corrected chi connectivity index (χ0v) is 11.5. The number of methoxy groups -OCH3 is 1. The minimum absolute atomic E-state index is 0.443. The summed E-state index contributed by atoms with van der Waals surface area (Å²) in [5.41, 5.74) is 1.33. The van der Waals surface area contributed by atoms with Gasteiger partial charge in [0.25, 0.3) is 0 Å². The van der Waals surface area contributed by atoms with Gasteiger partial charge in [-0.1, -0.05) is 6.07 Å². The van der Waals surface area contributed by atoms with Crippen molar-refractivity contribution in [2.45, 2.75) is 12.5 Å². The van der Waals surface area contributed by atoms with E-state index in [2.05, 4.69) is 40.0 Å². The first-order chi connectivity index (χ1) is 7.79. The third-order valence-corrected chi connectivity index (χ3v) is 3.54. The van der Waals surface area contributed by atoms with Gasteiger partial charge in [-0.3, -0.25) is 0 Å². The van der Waals surface area contributed by atoms with Gasteiger partial charge in [0.15, 0.2) is 0 Å². The number of rotatable bonds is 3. The van der Waals surface area contributed by atoms with Crippen LogP contribution in [0.25, 0.3) is 0 Å². The van der Waals surface area contributed by atoms with Gasteiger partial charge in [0.05, 0.1) is 23.9 Å². The first-order valence-electron chi connectivity index (χ1n) is 5.43. The van der Waals surface area contributed by atoms with Crippen LogP contribution in [-0.2, 0) is 11.2 Å². The summed E-state index contributed by atoms with van der Waals surface area (Å²) in [4.78, 5) is 0. The van der Waals surface area contributed by atoms with E-state index in [1.807, 2.05) is 6.07 Å². The second-order valence-electron chi connectivity index (χ2n) is 3.90. The van der Waals surface area contributed by atoms with Gasteiger partial charge in [-0.05, 0) is 46.7 Å². The molecule has 1 atom stereocenters. The molecule has 0 saturated carbocycles. The Bertz CT molecular complexity index is 351. The highest BCUT2D eigenvalue weighted by atomic mass is 127. The van der Waals surface area contributed by atoms with Crippen molar-refractivity contribution in [2.75, 3.05) is 26.9 Å². The van der Waals surface area contributed by atoms with Crippen LogP contribution in [0.15, 0.2) is 18.2 Å². The number of ether oxygens (including phenoxy) is 2. The monoisotopic (exact) mass is 333 g/mol. The normalized spacial score (nSPS) is 20.8. The number of hydrogen-bond acceptors (Lipinski definition) is 3. The quantitative estimate of drug-likeness (QED) is 0.857. The molecule has 1 fully saturated rings. The molecule has 1 aromatic carbocycles. The third-order valence-electron chi connectivity index (χ3n) is 2.70. The summed E-state index contributed by atoms with van der Waals surface area (Å²) in [6.07, 6.45) is 1.01. The molecule has 1 heterocycles. The maximum absolute atomic E-state index is 5.44. The summed E-state index contributed by atoms with van der Waals surface area (Å²) in [7, 11) is 1.70. The predicted molar refractivity (Wildman–Crippen MR) is 72.0 cm³/mol. The Balaban J connectivity index is 2.01. The van der Waals surface area contributed by atoms with Gasteiger partial charge in [0, 0.05) is 12.6 Å². The first-order valence-corrected chi connectivity index (χ1v) is 6.51. The van der Waals surface area contributed by atoms with Crippen molar-refractivity contribution in [3.05, 3.63) is 27.3 Å². The molecule has 1 aliphatic heterocycles. The lowest BCUT2D eigenvalue weighted by Crippen LogP contribution is -2.42. The maximum Gasteiger partial charge on any atom is 0.132 e. The van der Waals surface area contributed by atoms with Crippen molar-refractivity contribution in [2.24, 2.45) is 0 Å². The molecule has 1 aromatic rings. The van der Waals surface area contributed by atoms with Crippen LogP contribution in [0.4, 0.5) is 0 Å². The Morgan fingerprint density at radius 1 is 1.56 bits per heavy atom. The Morgan fingerprint density at radius 2 is 2.44 bits per heavy atom. The van der Waals surface area contributed by atoms with Crippen molar-refractivity contribution < 1.29 is 9.47 Å². The van der Waals surface area contributed by atoms with E-state index in [-0.39, 0.29) is 0 Å². The molecule has 0 aromatic heterocycles. The largest absolute Gasteiger partial charge is 0.496 e. The first kappa shape index (κ1) is 12.1. The van der Waals surface area contributed by atoms with Gasteiger partial charge >= 0.3 is 0 Å². The SMILES string of the molecule is COc1ccc(C[C@@H]2COCCN2)cc1I. The van der Waals surface area contributed by atoms with E-state index in [1.165, 1.54) is 5.56 Å². The lowest BCUT2D eigenvalue weighted by Gasteiger charge is -2.24. The van der Waals surface area contributed by atoms with Crippen LogP contribution in [0, 0.1) is 3.57 Å². The van der Waals surface area contributed by atoms with Crippen molar-refractivity contribution in [1.82, 2.24) is 5.32 Å². The highest BCUT2D eigenvalue weighted by Gasteiger charge is 2.13. The molecule has 2 rings (SSSR count). The molecule has 0 unspecified atom stereocenters. The minimum Gasteiger partial charge on any atom is -0.496 e. The maximum atomic E-state index is 5.44. The van der Waals surface area contributed by atoms with Gasteiger partial charge in [-0.25, -0.2) is 0 Å². The van der Waals surface area contributed by atoms with Crippen molar-refractivity contribution in [1.29, 1.82) is 0 Å². The smallest absolute Gasteiger partial charge is 0.132 e. The minimum atomic E-state index is 0.443. The average Bonchev–Trinajstić information content (AvgIpc) is 2.31. The topological polar surface area (TPSA) is 30.5 Å². The van der Waals surface area contributed by atoms with E-state index in [4.69, 9.17) is 9.47 Å². The van der Waals surface area contributed by atoms with E-state index >= 15 is 0 Å². The molecule has 1 saturated heterocycles. The van der Waals surface area contributed by atoms with Crippen LogP contribution in [-0.4, -0.2) is 32.9 Å². The van der Waals surface area contributed by atoms with E-state index in [9.17, 15) is 0 Å². The van der Waals surface area contributed by atoms with Gasteiger partial charge in [0.2, 0.25) is 0 Å². The fraction of sp³-hybridized carbons (Fsp3) is 0.500. The molecule has 0 bridgehead atoms. The Kier molecular flexibility index (Phi) is 4.43. The number of morpholine rings is 1. The number of nitrogens with one attached hydrogen (secondary N) is 1. The zero-order valence-electron chi connectivity index (χ0n) is 9.33. The van der Waals surface area contributed by atoms with Gasteiger partial charge in [-0.15, -0.1) is 0 Å². The zero-order chi connectivity index (χ0) is 11.4. The predicted octanol–water partition coefficient (Wildman–Crippen LogP) is 1.83.